The van der Waals surface area contributed by atoms with E-state index in [1.54, 1.807) is 31.2 Å². The number of aromatic carboxylic acids is 1. The van der Waals surface area contributed by atoms with Gasteiger partial charge >= 0.3 is 5.97 Å². The number of carboxylic acid groups (broad SMARTS) is 1. The van der Waals surface area contributed by atoms with E-state index in [4.69, 9.17) is 5.11 Å². The highest BCUT2D eigenvalue weighted by molar-refractivity contribution is 9.10. The molecule has 0 unspecified atom stereocenters. The Balaban J connectivity index is 2.27. The molecule has 0 saturated heterocycles. The molecule has 1 atom stereocenters. The van der Waals surface area contributed by atoms with Crippen LogP contribution in [0, 0.1) is 0 Å². The SMILES string of the molecule is C[C@H](NS(=O)(=O)c1[nH]ncc1C(=O)O)c1ccc(Br)cc1. The van der Waals surface area contributed by atoms with Crippen LogP contribution < -0.4 is 4.72 Å². The molecule has 0 radical (unpaired) electrons. The second-order valence-corrected chi connectivity index (χ2v) is 6.88. The average molecular weight is 374 g/mol. The molecule has 0 aliphatic carbocycles. The van der Waals surface area contributed by atoms with Crippen LogP contribution in [0.25, 0.3) is 0 Å². The fourth-order valence-corrected chi connectivity index (χ4v) is 3.33. The van der Waals surface area contributed by atoms with Crippen molar-refractivity contribution in [3.63, 3.8) is 0 Å². The summed E-state index contributed by atoms with van der Waals surface area (Å²) in [7, 11) is -4.01. The second kappa shape index (κ2) is 5.96. The summed E-state index contributed by atoms with van der Waals surface area (Å²) in [5.41, 5.74) is 0.351. The lowest BCUT2D eigenvalue weighted by atomic mass is 10.1. The normalized spacial score (nSPS) is 13.0. The first-order valence-electron chi connectivity index (χ1n) is 5.85. The Morgan fingerprint density at radius 3 is 2.57 bits per heavy atom. The molecular weight excluding hydrogens is 362 g/mol. The fourth-order valence-electron chi connectivity index (χ4n) is 1.74. The Labute approximate surface area is 129 Å². The molecule has 0 aliphatic heterocycles. The Kier molecular flexibility index (Phi) is 4.45. The third-order valence-electron chi connectivity index (χ3n) is 2.81. The number of benzene rings is 1. The molecule has 0 amide bonds. The lowest BCUT2D eigenvalue weighted by molar-refractivity contribution is 0.0692. The van der Waals surface area contributed by atoms with Gasteiger partial charge in [0, 0.05) is 10.5 Å². The minimum absolute atomic E-state index is 0.398. The number of aromatic nitrogens is 2. The van der Waals surface area contributed by atoms with Crippen LogP contribution >= 0.6 is 15.9 Å². The van der Waals surface area contributed by atoms with E-state index < -0.39 is 32.6 Å². The van der Waals surface area contributed by atoms with E-state index in [0.717, 1.165) is 16.2 Å². The zero-order valence-electron chi connectivity index (χ0n) is 10.9. The number of nitrogens with zero attached hydrogens (tertiary/aromatic N) is 1. The predicted molar refractivity (Wildman–Crippen MR) is 78.4 cm³/mol. The molecule has 21 heavy (non-hydrogen) atoms. The minimum atomic E-state index is -4.01. The van der Waals surface area contributed by atoms with Gasteiger partial charge in [-0.2, -0.15) is 5.10 Å². The van der Waals surface area contributed by atoms with Crippen molar-refractivity contribution in [2.75, 3.05) is 0 Å². The standard InChI is InChI=1S/C12H12BrN3O4S/c1-7(8-2-4-9(13)5-3-8)16-21(19,20)11-10(12(17)18)6-14-15-11/h2-7,16H,1H3,(H,14,15)(H,17,18)/t7-/m0/s1. The summed E-state index contributed by atoms with van der Waals surface area (Å²) in [6, 6.07) is 6.59. The number of carbonyl (C=O) groups is 1. The smallest absolute Gasteiger partial charge is 0.340 e. The molecule has 9 heteroatoms. The summed E-state index contributed by atoms with van der Waals surface area (Å²) in [4.78, 5) is 11.0. The van der Waals surface area contributed by atoms with E-state index in [0.29, 0.717) is 0 Å². The molecule has 2 rings (SSSR count). The van der Waals surface area contributed by atoms with Gasteiger partial charge in [-0.25, -0.2) is 17.9 Å². The maximum absolute atomic E-state index is 12.2. The summed E-state index contributed by atoms with van der Waals surface area (Å²) in [6.45, 7) is 1.66. The number of carboxylic acids is 1. The number of hydrogen-bond donors (Lipinski definition) is 3. The summed E-state index contributed by atoms with van der Waals surface area (Å²) in [5, 5.41) is 14.2. The Morgan fingerprint density at radius 2 is 2.00 bits per heavy atom. The molecule has 0 bridgehead atoms. The highest BCUT2D eigenvalue weighted by atomic mass is 79.9. The zero-order valence-corrected chi connectivity index (χ0v) is 13.3. The maximum atomic E-state index is 12.2. The quantitative estimate of drug-likeness (QED) is 0.740. The van der Waals surface area contributed by atoms with E-state index in [-0.39, 0.29) is 0 Å². The van der Waals surface area contributed by atoms with Crippen LogP contribution in [0.2, 0.25) is 0 Å². The van der Waals surface area contributed by atoms with Crippen molar-refractivity contribution >= 4 is 31.9 Å². The van der Waals surface area contributed by atoms with Crippen LogP contribution in [0.1, 0.15) is 28.9 Å². The molecule has 1 aromatic carbocycles. The van der Waals surface area contributed by atoms with Crippen molar-refractivity contribution in [2.45, 2.75) is 18.0 Å². The first kappa shape index (κ1) is 15.7. The maximum Gasteiger partial charge on any atom is 0.340 e. The molecule has 112 valence electrons. The summed E-state index contributed by atoms with van der Waals surface area (Å²) in [5.74, 6) is -1.36. The van der Waals surface area contributed by atoms with Gasteiger partial charge in [0.05, 0.1) is 6.20 Å². The van der Waals surface area contributed by atoms with Gasteiger partial charge in [-0.15, -0.1) is 0 Å². The van der Waals surface area contributed by atoms with Crippen LogP contribution in [0.15, 0.2) is 40.0 Å². The highest BCUT2D eigenvalue weighted by Gasteiger charge is 2.26. The molecule has 3 N–H and O–H groups in total. The van der Waals surface area contributed by atoms with E-state index in [1.807, 2.05) is 0 Å². The van der Waals surface area contributed by atoms with Crippen LogP contribution in [0.4, 0.5) is 0 Å². The van der Waals surface area contributed by atoms with Gasteiger partial charge in [0.1, 0.15) is 5.56 Å². The molecule has 0 saturated carbocycles. The van der Waals surface area contributed by atoms with Gasteiger partial charge < -0.3 is 5.11 Å². The number of rotatable bonds is 5. The van der Waals surface area contributed by atoms with Gasteiger partial charge in [-0.3, -0.25) is 5.10 Å². The van der Waals surface area contributed by atoms with Crippen LogP contribution in [-0.2, 0) is 10.0 Å². The molecule has 2 aromatic rings. The number of aromatic amines is 1. The summed E-state index contributed by atoms with van der Waals surface area (Å²) in [6.07, 6.45) is 0.960. The van der Waals surface area contributed by atoms with Crippen molar-refractivity contribution in [3.05, 3.63) is 46.1 Å². The van der Waals surface area contributed by atoms with Gasteiger partial charge in [-0.05, 0) is 24.6 Å². The first-order valence-corrected chi connectivity index (χ1v) is 8.13. The predicted octanol–water partition coefficient (Wildman–Crippen LogP) is 1.91. The average Bonchev–Trinajstić information content (AvgIpc) is 2.89. The monoisotopic (exact) mass is 373 g/mol. The number of H-pyrrole nitrogens is 1. The van der Waals surface area contributed by atoms with E-state index in [1.165, 1.54) is 0 Å². The van der Waals surface area contributed by atoms with Gasteiger partial charge in [0.2, 0.25) is 0 Å². The van der Waals surface area contributed by atoms with Gasteiger partial charge in [-0.1, -0.05) is 28.1 Å². The third kappa shape index (κ3) is 3.49. The van der Waals surface area contributed by atoms with Crippen molar-refractivity contribution in [3.8, 4) is 0 Å². The molecule has 0 spiro atoms. The molecule has 0 fully saturated rings. The van der Waals surface area contributed by atoms with Crippen LogP contribution in [0.5, 0.6) is 0 Å². The molecule has 1 aromatic heterocycles. The lowest BCUT2D eigenvalue weighted by Crippen LogP contribution is -2.28. The largest absolute Gasteiger partial charge is 0.478 e. The number of sulfonamides is 1. The summed E-state index contributed by atoms with van der Waals surface area (Å²) >= 11 is 3.30. The van der Waals surface area contributed by atoms with Gasteiger partial charge in [0.25, 0.3) is 10.0 Å². The van der Waals surface area contributed by atoms with Gasteiger partial charge in [0.15, 0.2) is 5.03 Å². The van der Waals surface area contributed by atoms with E-state index in [2.05, 4.69) is 30.8 Å². The van der Waals surface area contributed by atoms with Crippen LogP contribution in [0.3, 0.4) is 0 Å². The van der Waals surface area contributed by atoms with Crippen molar-refractivity contribution in [2.24, 2.45) is 0 Å². The Bertz CT molecular complexity index is 755. The van der Waals surface area contributed by atoms with Crippen molar-refractivity contribution in [1.29, 1.82) is 0 Å². The number of halogens is 1. The Morgan fingerprint density at radius 1 is 1.38 bits per heavy atom. The fraction of sp³-hybridized carbons (Fsp3) is 0.167. The third-order valence-corrected chi connectivity index (χ3v) is 4.85. The van der Waals surface area contributed by atoms with Crippen molar-refractivity contribution < 1.29 is 18.3 Å². The molecular formula is C12H12BrN3O4S. The zero-order chi connectivity index (χ0) is 15.6. The number of hydrogen-bond acceptors (Lipinski definition) is 4. The topological polar surface area (TPSA) is 112 Å². The van der Waals surface area contributed by atoms with Crippen molar-refractivity contribution in [1.82, 2.24) is 14.9 Å². The molecule has 0 aliphatic rings. The van der Waals surface area contributed by atoms with Crippen LogP contribution in [-0.4, -0.2) is 29.7 Å². The minimum Gasteiger partial charge on any atom is -0.478 e. The van der Waals surface area contributed by atoms with E-state index in [9.17, 15) is 13.2 Å². The first-order chi connectivity index (χ1) is 9.81. The second-order valence-electron chi connectivity index (χ2n) is 4.31. The molecule has 7 nitrogen and oxygen atoms in total. The molecule has 1 heterocycles. The highest BCUT2D eigenvalue weighted by Crippen LogP contribution is 2.20. The van der Waals surface area contributed by atoms with E-state index >= 15 is 0 Å². The Hall–Kier alpha value is -1.71. The lowest BCUT2D eigenvalue weighted by Gasteiger charge is -2.14. The summed E-state index contributed by atoms with van der Waals surface area (Å²) < 4.78 is 27.7. The number of nitrogens with one attached hydrogen (secondary N) is 2.